The molecule has 10 heteroatoms. The number of benzene rings is 2. The number of hydrogen-bond acceptors (Lipinski definition) is 10. The monoisotopic (exact) mass is 502 g/mol. The smallest absolute Gasteiger partial charge is 0.339 e. The van der Waals surface area contributed by atoms with Crippen LogP contribution < -0.4 is 10.5 Å². The van der Waals surface area contributed by atoms with E-state index in [1.165, 1.54) is 18.9 Å². The molecule has 0 fully saturated rings. The molecule has 0 radical (unpaired) electrons. The van der Waals surface area contributed by atoms with Gasteiger partial charge in [0, 0.05) is 21.8 Å². The molecule has 0 spiro atoms. The van der Waals surface area contributed by atoms with E-state index in [0.717, 1.165) is 11.8 Å². The maximum absolute atomic E-state index is 13.3. The molecule has 174 valence electrons. The molecule has 1 atom stereocenters. The summed E-state index contributed by atoms with van der Waals surface area (Å²) in [5.74, 6) is 0.260. The van der Waals surface area contributed by atoms with Crippen LogP contribution in [0.3, 0.4) is 0 Å². The first-order chi connectivity index (χ1) is 16.9. The predicted molar refractivity (Wildman–Crippen MR) is 133 cm³/mol. The molecule has 2 heterocycles. The van der Waals surface area contributed by atoms with E-state index in [-0.39, 0.29) is 27.8 Å². The van der Waals surface area contributed by atoms with Crippen LogP contribution in [0.25, 0.3) is 11.1 Å². The lowest BCUT2D eigenvalue weighted by Crippen LogP contribution is -2.26. The van der Waals surface area contributed by atoms with Gasteiger partial charge < -0.3 is 15.2 Å². The molecule has 1 aliphatic heterocycles. The van der Waals surface area contributed by atoms with Crippen LogP contribution in [-0.2, 0) is 4.74 Å². The van der Waals surface area contributed by atoms with E-state index in [1.807, 2.05) is 6.07 Å². The molecule has 2 N–H and O–H groups in total. The molecule has 0 amide bonds. The maximum Gasteiger partial charge on any atom is 0.339 e. The number of thioether (sulfide) groups is 2. The number of hydrogen-bond donors (Lipinski definition) is 1. The van der Waals surface area contributed by atoms with E-state index in [1.54, 1.807) is 49.6 Å². The lowest BCUT2D eigenvalue weighted by atomic mass is 9.97. The van der Waals surface area contributed by atoms with E-state index in [9.17, 15) is 20.1 Å². The standard InChI is InChI=1S/C25H18N4O4S2/c1-32-14-8-6-13(7-9-14)20-17(10-26)23(28)29-24(18(20)11-27)35-19-12-34-22-15(21(19)30)4-3-5-16(22)25(31)33-2/h3-9,19H,12H2,1-2H3,(H2,28,29). The van der Waals surface area contributed by atoms with Crippen LogP contribution in [0.1, 0.15) is 31.8 Å². The molecule has 4 rings (SSSR count). The highest BCUT2D eigenvalue weighted by Gasteiger charge is 2.33. The number of carbonyl (C=O) groups is 2. The number of nitrogen functional groups attached to an aromatic ring is 1. The number of ether oxygens (including phenoxy) is 2. The highest BCUT2D eigenvalue weighted by molar-refractivity contribution is 8.04. The number of aromatic nitrogens is 1. The minimum Gasteiger partial charge on any atom is -0.497 e. The third kappa shape index (κ3) is 4.42. The summed E-state index contributed by atoms with van der Waals surface area (Å²) >= 11 is 2.49. The van der Waals surface area contributed by atoms with Gasteiger partial charge in [0.05, 0.1) is 30.6 Å². The van der Waals surface area contributed by atoms with Crippen molar-refractivity contribution in [3.8, 4) is 29.0 Å². The van der Waals surface area contributed by atoms with Crippen molar-refractivity contribution in [2.75, 3.05) is 25.7 Å². The summed E-state index contributed by atoms with van der Waals surface area (Å²) in [6.07, 6.45) is 0. The summed E-state index contributed by atoms with van der Waals surface area (Å²) in [6.45, 7) is 0. The highest BCUT2D eigenvalue weighted by Crippen LogP contribution is 2.42. The number of ketones is 1. The minimum absolute atomic E-state index is 0.0240. The number of nitriles is 2. The molecule has 35 heavy (non-hydrogen) atoms. The van der Waals surface area contributed by atoms with Crippen LogP contribution >= 0.6 is 23.5 Å². The fourth-order valence-electron chi connectivity index (χ4n) is 3.72. The fourth-order valence-corrected chi connectivity index (χ4v) is 6.21. The highest BCUT2D eigenvalue weighted by atomic mass is 32.2. The van der Waals surface area contributed by atoms with Crippen LogP contribution in [-0.4, -0.2) is 42.0 Å². The quantitative estimate of drug-likeness (QED) is 0.502. The van der Waals surface area contributed by atoms with E-state index in [2.05, 4.69) is 11.1 Å². The summed E-state index contributed by atoms with van der Waals surface area (Å²) in [4.78, 5) is 30.3. The van der Waals surface area contributed by atoms with E-state index in [4.69, 9.17) is 15.2 Å². The second kappa shape index (κ2) is 10.1. The molecule has 2 aromatic carbocycles. The first-order valence-electron chi connectivity index (χ1n) is 10.3. The summed E-state index contributed by atoms with van der Waals surface area (Å²) < 4.78 is 10.0. The number of Topliss-reactive ketones (excluding diaryl/α,β-unsaturated/α-hetero) is 1. The zero-order valence-electron chi connectivity index (χ0n) is 18.7. The van der Waals surface area contributed by atoms with Gasteiger partial charge >= 0.3 is 5.97 Å². The summed E-state index contributed by atoms with van der Waals surface area (Å²) in [7, 11) is 2.83. The zero-order valence-corrected chi connectivity index (χ0v) is 20.3. The lowest BCUT2D eigenvalue weighted by molar-refractivity contribution is 0.0596. The van der Waals surface area contributed by atoms with Crippen LogP contribution in [0.2, 0.25) is 0 Å². The van der Waals surface area contributed by atoms with Crippen LogP contribution in [0.4, 0.5) is 5.82 Å². The van der Waals surface area contributed by atoms with Crippen LogP contribution in [0, 0.1) is 22.7 Å². The van der Waals surface area contributed by atoms with Gasteiger partial charge in [-0.3, -0.25) is 4.79 Å². The number of nitrogens with zero attached hydrogens (tertiary/aromatic N) is 3. The van der Waals surface area contributed by atoms with Crippen molar-refractivity contribution in [1.29, 1.82) is 10.5 Å². The summed E-state index contributed by atoms with van der Waals surface area (Å²) in [5.41, 5.74) is 8.08. The Bertz CT molecular complexity index is 1430. The van der Waals surface area contributed by atoms with Crippen molar-refractivity contribution in [1.82, 2.24) is 4.98 Å². The largest absolute Gasteiger partial charge is 0.497 e. The molecule has 0 saturated carbocycles. The summed E-state index contributed by atoms with van der Waals surface area (Å²) in [5, 5.41) is 19.5. The Balaban J connectivity index is 1.76. The molecule has 3 aromatic rings. The van der Waals surface area contributed by atoms with Crippen molar-refractivity contribution in [2.24, 2.45) is 0 Å². The Kier molecular flexibility index (Phi) is 6.97. The van der Waals surface area contributed by atoms with Gasteiger partial charge in [0.2, 0.25) is 0 Å². The molecule has 0 bridgehead atoms. The third-order valence-electron chi connectivity index (χ3n) is 5.41. The Morgan fingerprint density at radius 3 is 2.49 bits per heavy atom. The van der Waals surface area contributed by atoms with Crippen molar-refractivity contribution < 1.29 is 19.1 Å². The maximum atomic E-state index is 13.3. The van der Waals surface area contributed by atoms with Crippen LogP contribution in [0.15, 0.2) is 52.4 Å². The lowest BCUT2D eigenvalue weighted by Gasteiger charge is -2.24. The van der Waals surface area contributed by atoms with Crippen LogP contribution in [0.5, 0.6) is 5.75 Å². The zero-order chi connectivity index (χ0) is 25.1. The topological polar surface area (TPSA) is 139 Å². The average molecular weight is 503 g/mol. The van der Waals surface area contributed by atoms with Gasteiger partial charge in [0.1, 0.15) is 34.3 Å². The molecular formula is C25H18N4O4S2. The van der Waals surface area contributed by atoms with Gasteiger partial charge in [-0.05, 0) is 23.8 Å². The van der Waals surface area contributed by atoms with Crippen molar-refractivity contribution in [3.63, 3.8) is 0 Å². The molecule has 1 unspecified atom stereocenters. The van der Waals surface area contributed by atoms with E-state index < -0.39 is 11.2 Å². The number of rotatable bonds is 5. The van der Waals surface area contributed by atoms with Crippen molar-refractivity contribution in [3.05, 3.63) is 64.7 Å². The molecule has 0 aliphatic carbocycles. The number of carbonyl (C=O) groups excluding carboxylic acids is 2. The third-order valence-corrected chi connectivity index (χ3v) is 8.03. The van der Waals surface area contributed by atoms with Gasteiger partial charge in [-0.2, -0.15) is 10.5 Å². The van der Waals surface area contributed by atoms with Crippen molar-refractivity contribution >= 4 is 41.1 Å². The van der Waals surface area contributed by atoms with Gasteiger partial charge in [0.25, 0.3) is 0 Å². The Morgan fingerprint density at radius 2 is 1.86 bits per heavy atom. The Hall–Kier alpha value is -3.99. The van der Waals surface area contributed by atoms with Gasteiger partial charge in [0.15, 0.2) is 5.78 Å². The number of nitrogens with two attached hydrogens (primary N) is 1. The molecule has 1 aromatic heterocycles. The van der Waals surface area contributed by atoms with E-state index >= 15 is 0 Å². The fraction of sp³-hybridized carbons (Fsp3) is 0.160. The number of esters is 1. The van der Waals surface area contributed by atoms with Crippen molar-refractivity contribution in [2.45, 2.75) is 15.2 Å². The SMILES string of the molecule is COC(=O)c1cccc2c1SCC(Sc1nc(N)c(C#N)c(-c3ccc(OC)cc3)c1C#N)C2=O. The number of fused-ring (bicyclic) bond motifs is 1. The molecular weight excluding hydrogens is 484 g/mol. The first-order valence-corrected chi connectivity index (χ1v) is 12.1. The molecule has 1 aliphatic rings. The number of pyridine rings is 1. The Labute approximate surface area is 210 Å². The number of anilines is 1. The van der Waals surface area contributed by atoms with E-state index in [0.29, 0.717) is 38.7 Å². The number of methoxy groups -OCH3 is 2. The molecule has 8 nitrogen and oxygen atoms in total. The van der Waals surface area contributed by atoms with Gasteiger partial charge in [-0.25, -0.2) is 9.78 Å². The van der Waals surface area contributed by atoms with Gasteiger partial charge in [-0.15, -0.1) is 11.8 Å². The second-order valence-electron chi connectivity index (χ2n) is 7.33. The normalized spacial score (nSPS) is 14.4. The summed E-state index contributed by atoms with van der Waals surface area (Å²) in [6, 6.07) is 16.0. The Morgan fingerprint density at radius 1 is 1.14 bits per heavy atom. The minimum atomic E-state index is -0.573. The second-order valence-corrected chi connectivity index (χ2v) is 9.56. The molecule has 0 saturated heterocycles. The average Bonchev–Trinajstić information content (AvgIpc) is 2.89. The predicted octanol–water partition coefficient (Wildman–Crippen LogP) is 4.32. The van der Waals surface area contributed by atoms with Gasteiger partial charge in [-0.1, -0.05) is 36.0 Å². The first kappa shape index (κ1) is 24.1.